The second-order valence-corrected chi connectivity index (χ2v) is 5.95. The van der Waals surface area contributed by atoms with Crippen LogP contribution in [0.1, 0.15) is 50.7 Å². The van der Waals surface area contributed by atoms with Gasteiger partial charge in [-0.25, -0.2) is 0 Å². The molecule has 1 unspecified atom stereocenters. The van der Waals surface area contributed by atoms with Gasteiger partial charge < -0.3 is 14.8 Å². The molecule has 3 rings (SSSR count). The SMILES string of the molecule is CCOc1ccccc1C1CNCC2(CCCCC2)O1. The lowest BCUT2D eigenvalue weighted by Gasteiger charge is -2.44. The molecule has 1 atom stereocenters. The number of ether oxygens (including phenoxy) is 2. The summed E-state index contributed by atoms with van der Waals surface area (Å²) in [7, 11) is 0. The molecular weight excluding hydrogens is 250 g/mol. The third-order valence-electron chi connectivity index (χ3n) is 4.50. The molecule has 20 heavy (non-hydrogen) atoms. The highest BCUT2D eigenvalue weighted by Gasteiger charge is 2.39. The lowest BCUT2D eigenvalue weighted by Crippen LogP contribution is -2.51. The largest absolute Gasteiger partial charge is 0.493 e. The molecule has 3 heteroatoms. The molecule has 0 bridgehead atoms. The zero-order chi connectivity index (χ0) is 13.8. The van der Waals surface area contributed by atoms with Crippen LogP contribution in [0.4, 0.5) is 0 Å². The van der Waals surface area contributed by atoms with Crippen LogP contribution < -0.4 is 10.1 Å². The molecule has 1 N–H and O–H groups in total. The molecule has 110 valence electrons. The Morgan fingerprint density at radius 2 is 2.05 bits per heavy atom. The number of benzene rings is 1. The normalized spacial score (nSPS) is 25.6. The van der Waals surface area contributed by atoms with Crippen LogP contribution in [0.15, 0.2) is 24.3 Å². The van der Waals surface area contributed by atoms with Crippen molar-refractivity contribution in [2.45, 2.75) is 50.7 Å². The van der Waals surface area contributed by atoms with Gasteiger partial charge in [0.05, 0.1) is 18.3 Å². The van der Waals surface area contributed by atoms with E-state index in [1.54, 1.807) is 0 Å². The molecule has 0 amide bonds. The summed E-state index contributed by atoms with van der Waals surface area (Å²) in [4.78, 5) is 0. The van der Waals surface area contributed by atoms with E-state index in [2.05, 4.69) is 17.4 Å². The number of hydrogen-bond donors (Lipinski definition) is 1. The van der Waals surface area contributed by atoms with E-state index in [1.165, 1.54) is 37.7 Å². The zero-order valence-corrected chi connectivity index (χ0v) is 12.4. The summed E-state index contributed by atoms with van der Waals surface area (Å²) in [5.74, 6) is 0.967. The molecule has 1 saturated heterocycles. The second-order valence-electron chi connectivity index (χ2n) is 5.95. The Hall–Kier alpha value is -1.06. The van der Waals surface area contributed by atoms with E-state index in [4.69, 9.17) is 9.47 Å². The number of para-hydroxylation sites is 1. The molecule has 1 aliphatic carbocycles. The predicted molar refractivity (Wildman–Crippen MR) is 80.1 cm³/mol. The van der Waals surface area contributed by atoms with Crippen LogP contribution in [-0.4, -0.2) is 25.3 Å². The maximum atomic E-state index is 6.55. The lowest BCUT2D eigenvalue weighted by atomic mass is 9.83. The fraction of sp³-hybridized carbons (Fsp3) is 0.647. The molecule has 1 aliphatic heterocycles. The van der Waals surface area contributed by atoms with Gasteiger partial charge >= 0.3 is 0 Å². The van der Waals surface area contributed by atoms with Gasteiger partial charge in [-0.15, -0.1) is 0 Å². The van der Waals surface area contributed by atoms with Crippen molar-refractivity contribution in [2.75, 3.05) is 19.7 Å². The molecule has 1 spiro atoms. The molecule has 1 aromatic rings. The molecule has 0 aromatic heterocycles. The maximum absolute atomic E-state index is 6.55. The molecule has 1 saturated carbocycles. The first-order chi connectivity index (χ1) is 9.83. The molecule has 1 heterocycles. The van der Waals surface area contributed by atoms with Crippen LogP contribution in [0.3, 0.4) is 0 Å². The van der Waals surface area contributed by atoms with Crippen LogP contribution in [0.25, 0.3) is 0 Å². The van der Waals surface area contributed by atoms with Crippen molar-refractivity contribution in [3.8, 4) is 5.75 Å². The van der Waals surface area contributed by atoms with Gasteiger partial charge in [0.2, 0.25) is 0 Å². The average Bonchev–Trinajstić information content (AvgIpc) is 2.49. The molecular formula is C17H25NO2. The number of rotatable bonds is 3. The first kappa shape index (κ1) is 13.9. The highest BCUT2D eigenvalue weighted by atomic mass is 16.5. The molecule has 1 aromatic carbocycles. The van der Waals surface area contributed by atoms with Crippen LogP contribution in [0, 0.1) is 0 Å². The Balaban J connectivity index is 1.79. The summed E-state index contributed by atoms with van der Waals surface area (Å²) in [5.41, 5.74) is 1.24. The van der Waals surface area contributed by atoms with Crippen molar-refractivity contribution in [3.63, 3.8) is 0 Å². The monoisotopic (exact) mass is 275 g/mol. The van der Waals surface area contributed by atoms with Crippen LogP contribution in [0.2, 0.25) is 0 Å². The van der Waals surface area contributed by atoms with E-state index in [9.17, 15) is 0 Å². The molecule has 3 nitrogen and oxygen atoms in total. The number of nitrogens with one attached hydrogen (secondary N) is 1. The van der Waals surface area contributed by atoms with E-state index < -0.39 is 0 Å². The van der Waals surface area contributed by atoms with Crippen molar-refractivity contribution in [2.24, 2.45) is 0 Å². The third-order valence-corrected chi connectivity index (χ3v) is 4.50. The minimum Gasteiger partial charge on any atom is -0.493 e. The fourth-order valence-electron chi connectivity index (χ4n) is 3.51. The van der Waals surface area contributed by atoms with Gasteiger partial charge in [0.25, 0.3) is 0 Å². The van der Waals surface area contributed by atoms with Gasteiger partial charge in [0.1, 0.15) is 5.75 Å². The van der Waals surface area contributed by atoms with Crippen LogP contribution >= 0.6 is 0 Å². The van der Waals surface area contributed by atoms with Gasteiger partial charge in [0, 0.05) is 18.7 Å². The highest BCUT2D eigenvalue weighted by molar-refractivity contribution is 5.35. The Labute approximate surface area is 121 Å². The first-order valence-electron chi connectivity index (χ1n) is 7.93. The Morgan fingerprint density at radius 3 is 2.85 bits per heavy atom. The van der Waals surface area contributed by atoms with Gasteiger partial charge in [-0.1, -0.05) is 37.5 Å². The average molecular weight is 275 g/mol. The third kappa shape index (κ3) is 2.84. The summed E-state index contributed by atoms with van der Waals surface area (Å²) >= 11 is 0. The van der Waals surface area contributed by atoms with E-state index in [0.717, 1.165) is 18.8 Å². The van der Waals surface area contributed by atoms with Crippen LogP contribution in [0.5, 0.6) is 5.75 Å². The summed E-state index contributed by atoms with van der Waals surface area (Å²) in [6.45, 7) is 4.60. The highest BCUT2D eigenvalue weighted by Crippen LogP contribution is 2.39. The lowest BCUT2D eigenvalue weighted by molar-refractivity contribution is -0.136. The summed E-state index contributed by atoms with van der Waals surface area (Å²) < 4.78 is 12.3. The topological polar surface area (TPSA) is 30.5 Å². The summed E-state index contributed by atoms with van der Waals surface area (Å²) in [6.07, 6.45) is 6.43. The standard InChI is InChI=1S/C17H25NO2/c1-2-19-15-9-5-4-8-14(15)16-12-18-13-17(20-16)10-6-3-7-11-17/h4-5,8-9,16,18H,2-3,6-7,10-13H2,1H3. The van der Waals surface area contributed by atoms with E-state index >= 15 is 0 Å². The van der Waals surface area contributed by atoms with Crippen LogP contribution in [-0.2, 0) is 4.74 Å². The van der Waals surface area contributed by atoms with E-state index in [1.807, 2.05) is 19.1 Å². The summed E-state index contributed by atoms with van der Waals surface area (Å²) in [6, 6.07) is 8.29. The van der Waals surface area contributed by atoms with Gasteiger partial charge in [-0.2, -0.15) is 0 Å². The number of morpholine rings is 1. The van der Waals surface area contributed by atoms with E-state index in [0.29, 0.717) is 6.61 Å². The van der Waals surface area contributed by atoms with Crippen molar-refractivity contribution in [1.82, 2.24) is 5.32 Å². The van der Waals surface area contributed by atoms with Crippen molar-refractivity contribution in [3.05, 3.63) is 29.8 Å². The minimum absolute atomic E-state index is 0.0560. The molecule has 2 aliphatic rings. The van der Waals surface area contributed by atoms with Crippen molar-refractivity contribution in [1.29, 1.82) is 0 Å². The minimum atomic E-state index is 0.0560. The fourth-order valence-corrected chi connectivity index (χ4v) is 3.51. The van der Waals surface area contributed by atoms with Gasteiger partial charge in [0.15, 0.2) is 0 Å². The zero-order valence-electron chi connectivity index (χ0n) is 12.4. The molecule has 2 fully saturated rings. The Kier molecular flexibility index (Phi) is 4.27. The van der Waals surface area contributed by atoms with E-state index in [-0.39, 0.29) is 11.7 Å². The first-order valence-corrected chi connectivity index (χ1v) is 7.93. The smallest absolute Gasteiger partial charge is 0.125 e. The Bertz CT molecular complexity index is 435. The van der Waals surface area contributed by atoms with Gasteiger partial charge in [-0.3, -0.25) is 0 Å². The second kappa shape index (κ2) is 6.15. The maximum Gasteiger partial charge on any atom is 0.125 e. The van der Waals surface area contributed by atoms with Crippen molar-refractivity contribution < 1.29 is 9.47 Å². The number of hydrogen-bond acceptors (Lipinski definition) is 3. The summed E-state index contributed by atoms with van der Waals surface area (Å²) in [5, 5.41) is 3.58. The van der Waals surface area contributed by atoms with Gasteiger partial charge in [-0.05, 0) is 25.8 Å². The molecule has 0 radical (unpaired) electrons. The van der Waals surface area contributed by atoms with Crippen molar-refractivity contribution >= 4 is 0 Å². The Morgan fingerprint density at radius 1 is 1.25 bits per heavy atom. The quantitative estimate of drug-likeness (QED) is 0.916. The predicted octanol–water partition coefficient (Wildman–Crippen LogP) is 3.45.